The number of rotatable bonds is 4. The van der Waals surface area contributed by atoms with Crippen molar-refractivity contribution < 1.29 is 4.74 Å². The van der Waals surface area contributed by atoms with Crippen LogP contribution in [0.5, 0.6) is 5.75 Å². The first-order chi connectivity index (χ1) is 8.54. The zero-order chi connectivity index (χ0) is 13.2. The molecule has 0 aliphatic carbocycles. The highest BCUT2D eigenvalue weighted by atomic mass is 16.5. The molecule has 1 aliphatic rings. The van der Waals surface area contributed by atoms with Crippen LogP contribution in [0.25, 0.3) is 0 Å². The Hall–Kier alpha value is -1.02. The predicted molar refractivity (Wildman–Crippen MR) is 76.0 cm³/mol. The molecule has 1 aromatic carbocycles. The molecule has 1 aliphatic heterocycles. The van der Waals surface area contributed by atoms with Gasteiger partial charge in [-0.15, -0.1) is 0 Å². The van der Waals surface area contributed by atoms with Crippen molar-refractivity contribution in [1.82, 2.24) is 5.32 Å². The Balaban J connectivity index is 2.31. The molecule has 2 nitrogen and oxygen atoms in total. The van der Waals surface area contributed by atoms with E-state index in [4.69, 9.17) is 4.74 Å². The van der Waals surface area contributed by atoms with Gasteiger partial charge in [0.2, 0.25) is 0 Å². The van der Waals surface area contributed by atoms with E-state index >= 15 is 0 Å². The SMILES string of the molecule is CC(C)Oc1cccc(C2(C(C)C)CCCN2)c1. The molecule has 18 heavy (non-hydrogen) atoms. The fourth-order valence-electron chi connectivity index (χ4n) is 2.96. The van der Waals surface area contributed by atoms with Gasteiger partial charge in [0.15, 0.2) is 0 Å². The minimum Gasteiger partial charge on any atom is -0.491 e. The lowest BCUT2D eigenvalue weighted by Gasteiger charge is -2.35. The van der Waals surface area contributed by atoms with E-state index in [1.54, 1.807) is 0 Å². The summed E-state index contributed by atoms with van der Waals surface area (Å²) < 4.78 is 5.81. The van der Waals surface area contributed by atoms with Gasteiger partial charge < -0.3 is 10.1 Å². The Kier molecular flexibility index (Phi) is 3.96. The first kappa shape index (κ1) is 13.4. The average Bonchev–Trinajstić information content (AvgIpc) is 2.78. The fourth-order valence-corrected chi connectivity index (χ4v) is 2.96. The lowest BCUT2D eigenvalue weighted by atomic mass is 9.79. The molecule has 2 rings (SSSR count). The van der Waals surface area contributed by atoms with Crippen LogP contribution < -0.4 is 10.1 Å². The maximum absolute atomic E-state index is 5.81. The van der Waals surface area contributed by atoms with E-state index in [9.17, 15) is 0 Å². The zero-order valence-electron chi connectivity index (χ0n) is 12.0. The largest absolute Gasteiger partial charge is 0.491 e. The van der Waals surface area contributed by atoms with Gasteiger partial charge in [0, 0.05) is 5.54 Å². The molecule has 1 heterocycles. The van der Waals surface area contributed by atoms with Gasteiger partial charge >= 0.3 is 0 Å². The Labute approximate surface area is 111 Å². The van der Waals surface area contributed by atoms with Gasteiger partial charge in [-0.05, 0) is 56.8 Å². The van der Waals surface area contributed by atoms with Crippen molar-refractivity contribution in [2.45, 2.75) is 52.2 Å². The topological polar surface area (TPSA) is 21.3 Å². The molecule has 1 atom stereocenters. The lowest BCUT2D eigenvalue weighted by molar-refractivity contribution is 0.238. The van der Waals surface area contributed by atoms with E-state index in [0.29, 0.717) is 5.92 Å². The molecule has 1 aromatic rings. The Morgan fingerprint density at radius 1 is 1.22 bits per heavy atom. The lowest BCUT2D eigenvalue weighted by Crippen LogP contribution is -2.41. The molecule has 0 saturated carbocycles. The van der Waals surface area contributed by atoms with Gasteiger partial charge in [0.1, 0.15) is 5.75 Å². The van der Waals surface area contributed by atoms with Crippen molar-refractivity contribution in [3.8, 4) is 5.75 Å². The summed E-state index contributed by atoms with van der Waals surface area (Å²) >= 11 is 0. The molecule has 2 heteroatoms. The molecule has 1 saturated heterocycles. The summed E-state index contributed by atoms with van der Waals surface area (Å²) in [6.07, 6.45) is 2.70. The van der Waals surface area contributed by atoms with E-state index in [-0.39, 0.29) is 11.6 Å². The van der Waals surface area contributed by atoms with Crippen molar-refractivity contribution in [2.24, 2.45) is 5.92 Å². The van der Waals surface area contributed by atoms with Crippen molar-refractivity contribution in [1.29, 1.82) is 0 Å². The highest BCUT2D eigenvalue weighted by molar-refractivity contribution is 5.34. The molecule has 0 radical (unpaired) electrons. The summed E-state index contributed by atoms with van der Waals surface area (Å²) in [4.78, 5) is 0. The second kappa shape index (κ2) is 5.31. The minimum absolute atomic E-state index is 0.135. The molecule has 1 fully saturated rings. The molecule has 0 aromatic heterocycles. The second-order valence-corrected chi connectivity index (χ2v) is 5.85. The molecule has 1 unspecified atom stereocenters. The monoisotopic (exact) mass is 247 g/mol. The number of hydrogen-bond acceptors (Lipinski definition) is 2. The molecule has 0 amide bonds. The smallest absolute Gasteiger partial charge is 0.120 e. The van der Waals surface area contributed by atoms with Crippen LogP contribution in [0, 0.1) is 5.92 Å². The quantitative estimate of drug-likeness (QED) is 0.875. The Bertz CT molecular complexity index is 392. The van der Waals surface area contributed by atoms with E-state index in [1.807, 2.05) is 6.07 Å². The van der Waals surface area contributed by atoms with Gasteiger partial charge in [0.25, 0.3) is 0 Å². The van der Waals surface area contributed by atoms with E-state index in [0.717, 1.165) is 12.3 Å². The number of hydrogen-bond donors (Lipinski definition) is 1. The third-order valence-corrected chi connectivity index (χ3v) is 3.89. The van der Waals surface area contributed by atoms with Gasteiger partial charge in [0.05, 0.1) is 6.10 Å². The minimum atomic E-state index is 0.135. The van der Waals surface area contributed by atoms with Gasteiger partial charge in [-0.1, -0.05) is 26.0 Å². The van der Waals surface area contributed by atoms with Crippen LogP contribution in [0.3, 0.4) is 0 Å². The van der Waals surface area contributed by atoms with E-state index in [2.05, 4.69) is 51.2 Å². The maximum Gasteiger partial charge on any atom is 0.120 e. The molecule has 0 spiro atoms. The van der Waals surface area contributed by atoms with Crippen LogP contribution in [-0.2, 0) is 5.54 Å². The summed E-state index contributed by atoms with van der Waals surface area (Å²) in [7, 11) is 0. The standard InChI is InChI=1S/C16H25NO/c1-12(2)16(9-6-10-17-16)14-7-5-8-15(11-14)18-13(3)4/h5,7-8,11-13,17H,6,9-10H2,1-4H3. The molecule has 1 N–H and O–H groups in total. The van der Waals surface area contributed by atoms with Crippen LogP contribution in [0.2, 0.25) is 0 Å². The number of nitrogens with one attached hydrogen (secondary N) is 1. The molecular formula is C16H25NO. The summed E-state index contributed by atoms with van der Waals surface area (Å²) in [6, 6.07) is 8.59. The van der Waals surface area contributed by atoms with Crippen LogP contribution in [0.4, 0.5) is 0 Å². The molecule has 100 valence electrons. The van der Waals surface area contributed by atoms with Crippen LogP contribution in [-0.4, -0.2) is 12.6 Å². The summed E-state index contributed by atoms with van der Waals surface area (Å²) in [5, 5.41) is 3.71. The summed E-state index contributed by atoms with van der Waals surface area (Å²) in [5.41, 5.74) is 1.50. The Morgan fingerprint density at radius 2 is 2.00 bits per heavy atom. The van der Waals surface area contributed by atoms with Crippen molar-refractivity contribution >= 4 is 0 Å². The molecular weight excluding hydrogens is 222 g/mol. The van der Waals surface area contributed by atoms with E-state index < -0.39 is 0 Å². The zero-order valence-corrected chi connectivity index (χ0v) is 12.0. The van der Waals surface area contributed by atoms with Gasteiger partial charge in [-0.2, -0.15) is 0 Å². The van der Waals surface area contributed by atoms with Crippen molar-refractivity contribution in [3.05, 3.63) is 29.8 Å². The van der Waals surface area contributed by atoms with Gasteiger partial charge in [-0.3, -0.25) is 0 Å². The number of benzene rings is 1. The van der Waals surface area contributed by atoms with Gasteiger partial charge in [-0.25, -0.2) is 0 Å². The first-order valence-corrected chi connectivity index (χ1v) is 7.07. The van der Waals surface area contributed by atoms with E-state index in [1.165, 1.54) is 18.4 Å². The predicted octanol–water partition coefficient (Wildman–Crippen LogP) is 3.71. The third-order valence-electron chi connectivity index (χ3n) is 3.89. The summed E-state index contributed by atoms with van der Waals surface area (Å²) in [5.74, 6) is 1.57. The highest BCUT2D eigenvalue weighted by Gasteiger charge is 2.38. The van der Waals surface area contributed by atoms with Crippen LogP contribution in [0.15, 0.2) is 24.3 Å². The molecule has 0 bridgehead atoms. The second-order valence-electron chi connectivity index (χ2n) is 5.85. The number of ether oxygens (including phenoxy) is 1. The normalized spacial score (nSPS) is 23.9. The highest BCUT2D eigenvalue weighted by Crippen LogP contribution is 2.38. The van der Waals surface area contributed by atoms with Crippen LogP contribution >= 0.6 is 0 Å². The Morgan fingerprint density at radius 3 is 2.56 bits per heavy atom. The van der Waals surface area contributed by atoms with Crippen molar-refractivity contribution in [3.63, 3.8) is 0 Å². The average molecular weight is 247 g/mol. The third kappa shape index (κ3) is 2.54. The summed E-state index contributed by atoms with van der Waals surface area (Å²) in [6.45, 7) is 9.85. The fraction of sp³-hybridized carbons (Fsp3) is 0.625. The van der Waals surface area contributed by atoms with Crippen LogP contribution in [0.1, 0.15) is 46.1 Å². The first-order valence-electron chi connectivity index (χ1n) is 7.07. The maximum atomic E-state index is 5.81. The van der Waals surface area contributed by atoms with Crippen molar-refractivity contribution in [2.75, 3.05) is 6.54 Å².